The van der Waals surface area contributed by atoms with Crippen molar-refractivity contribution in [3.05, 3.63) is 30.1 Å². The Kier molecular flexibility index (Phi) is 5.87. The smallest absolute Gasteiger partial charge is 0.123 e. The van der Waals surface area contributed by atoms with Gasteiger partial charge in [0.25, 0.3) is 0 Å². The fourth-order valence-electron chi connectivity index (χ4n) is 2.44. The Morgan fingerprint density at radius 2 is 2.05 bits per heavy atom. The number of aliphatic hydroxyl groups is 1. The molecule has 1 aromatic rings. The van der Waals surface area contributed by atoms with Gasteiger partial charge in [-0.1, -0.05) is 6.42 Å². The molecule has 1 saturated carbocycles. The second-order valence-electron chi connectivity index (χ2n) is 5.88. The molecule has 0 spiro atoms. The summed E-state index contributed by atoms with van der Waals surface area (Å²) in [7, 11) is 0. The van der Waals surface area contributed by atoms with Crippen molar-refractivity contribution in [3.63, 3.8) is 0 Å². The first kappa shape index (κ1) is 15.8. The Labute approximate surface area is 125 Å². The highest BCUT2D eigenvalue weighted by Crippen LogP contribution is 2.39. The predicted molar refractivity (Wildman–Crippen MR) is 82.6 cm³/mol. The number of nitrogens with one attached hydrogen (secondary N) is 1. The number of rotatable bonds is 8. The van der Waals surface area contributed by atoms with Crippen molar-refractivity contribution < 1.29 is 9.50 Å². The summed E-state index contributed by atoms with van der Waals surface area (Å²) in [4.78, 5) is 1.12. The van der Waals surface area contributed by atoms with Crippen LogP contribution < -0.4 is 5.32 Å². The first-order chi connectivity index (χ1) is 9.63. The summed E-state index contributed by atoms with van der Waals surface area (Å²) >= 11 is 1.76. The summed E-state index contributed by atoms with van der Waals surface area (Å²) < 4.78 is 12.8. The van der Waals surface area contributed by atoms with E-state index in [0.717, 1.165) is 36.5 Å². The zero-order chi connectivity index (χ0) is 14.4. The lowest BCUT2D eigenvalue weighted by molar-refractivity contribution is 0.0425. The topological polar surface area (TPSA) is 32.3 Å². The highest BCUT2D eigenvalue weighted by atomic mass is 32.2. The summed E-state index contributed by atoms with van der Waals surface area (Å²) in [5.74, 6) is 0.838. The van der Waals surface area contributed by atoms with Crippen LogP contribution in [-0.4, -0.2) is 30.1 Å². The van der Waals surface area contributed by atoms with E-state index in [4.69, 9.17) is 0 Å². The van der Waals surface area contributed by atoms with Crippen molar-refractivity contribution >= 4 is 11.8 Å². The van der Waals surface area contributed by atoms with Gasteiger partial charge in [0.15, 0.2) is 0 Å². The molecule has 0 unspecified atom stereocenters. The van der Waals surface area contributed by atoms with Crippen molar-refractivity contribution in [1.29, 1.82) is 0 Å². The second-order valence-corrected chi connectivity index (χ2v) is 7.05. The van der Waals surface area contributed by atoms with E-state index in [0.29, 0.717) is 12.6 Å². The lowest BCUT2D eigenvalue weighted by Gasteiger charge is -2.41. The van der Waals surface area contributed by atoms with Crippen molar-refractivity contribution in [1.82, 2.24) is 5.32 Å². The predicted octanol–water partition coefficient (Wildman–Crippen LogP) is 3.45. The fourth-order valence-corrected chi connectivity index (χ4v) is 3.48. The molecule has 0 heterocycles. The molecule has 0 radical (unpaired) electrons. The van der Waals surface area contributed by atoms with Crippen LogP contribution in [0.3, 0.4) is 0 Å². The number of halogens is 1. The van der Waals surface area contributed by atoms with Gasteiger partial charge in [0.2, 0.25) is 0 Å². The maximum absolute atomic E-state index is 12.8. The van der Waals surface area contributed by atoms with Gasteiger partial charge in [0, 0.05) is 29.5 Å². The summed E-state index contributed by atoms with van der Waals surface area (Å²) in [6.07, 6.45) is 4.61. The summed E-state index contributed by atoms with van der Waals surface area (Å²) in [5.41, 5.74) is 0.151. The third kappa shape index (κ3) is 4.47. The Morgan fingerprint density at radius 3 is 2.60 bits per heavy atom. The maximum atomic E-state index is 12.8. The minimum Gasteiger partial charge on any atom is -0.396 e. The highest BCUT2D eigenvalue weighted by Gasteiger charge is 2.36. The van der Waals surface area contributed by atoms with Crippen LogP contribution in [0.2, 0.25) is 0 Å². The monoisotopic (exact) mass is 297 g/mol. The van der Waals surface area contributed by atoms with E-state index < -0.39 is 0 Å². The Hall–Kier alpha value is -0.580. The van der Waals surface area contributed by atoms with Crippen molar-refractivity contribution in [3.8, 4) is 0 Å². The molecule has 0 saturated heterocycles. The third-order valence-corrected chi connectivity index (χ3v) is 5.25. The average Bonchev–Trinajstić information content (AvgIpc) is 2.40. The van der Waals surface area contributed by atoms with Crippen LogP contribution in [0.25, 0.3) is 0 Å². The minimum absolute atomic E-state index is 0.151. The highest BCUT2D eigenvalue weighted by molar-refractivity contribution is 7.99. The Morgan fingerprint density at radius 1 is 1.35 bits per heavy atom. The zero-order valence-corrected chi connectivity index (χ0v) is 12.9. The number of hydrogen-bond acceptors (Lipinski definition) is 3. The van der Waals surface area contributed by atoms with Crippen LogP contribution in [0, 0.1) is 11.2 Å². The zero-order valence-electron chi connectivity index (χ0n) is 12.1. The lowest BCUT2D eigenvalue weighted by atomic mass is 9.69. The van der Waals surface area contributed by atoms with E-state index in [-0.39, 0.29) is 11.2 Å². The number of aliphatic hydroxyl groups excluding tert-OH is 1. The number of thioether (sulfide) groups is 1. The van der Waals surface area contributed by atoms with E-state index >= 15 is 0 Å². The largest absolute Gasteiger partial charge is 0.396 e. The Balaban J connectivity index is 1.62. The van der Waals surface area contributed by atoms with Gasteiger partial charge in [0.1, 0.15) is 5.82 Å². The van der Waals surface area contributed by atoms with Crippen LogP contribution >= 0.6 is 11.8 Å². The Bertz CT molecular complexity index is 400. The van der Waals surface area contributed by atoms with E-state index in [9.17, 15) is 9.50 Å². The van der Waals surface area contributed by atoms with Gasteiger partial charge in [-0.2, -0.15) is 0 Å². The first-order valence-corrected chi connectivity index (χ1v) is 8.35. The number of benzene rings is 1. The molecular weight excluding hydrogens is 273 g/mol. The molecule has 4 heteroatoms. The summed E-state index contributed by atoms with van der Waals surface area (Å²) in [6.45, 7) is 3.41. The van der Waals surface area contributed by atoms with Gasteiger partial charge in [-0.3, -0.25) is 0 Å². The lowest BCUT2D eigenvalue weighted by Crippen LogP contribution is -2.45. The van der Waals surface area contributed by atoms with Crippen LogP contribution in [0.1, 0.15) is 32.6 Å². The third-order valence-electron chi connectivity index (χ3n) is 4.21. The van der Waals surface area contributed by atoms with Gasteiger partial charge in [0.05, 0.1) is 0 Å². The van der Waals surface area contributed by atoms with Crippen LogP contribution in [0.15, 0.2) is 29.2 Å². The molecule has 112 valence electrons. The van der Waals surface area contributed by atoms with Gasteiger partial charge in [-0.15, -0.1) is 11.8 Å². The van der Waals surface area contributed by atoms with Gasteiger partial charge < -0.3 is 10.4 Å². The van der Waals surface area contributed by atoms with Crippen molar-refractivity contribution in [2.75, 3.05) is 18.9 Å². The molecule has 1 fully saturated rings. The molecule has 0 aromatic heterocycles. The molecule has 2 nitrogen and oxygen atoms in total. The van der Waals surface area contributed by atoms with E-state index in [1.54, 1.807) is 11.8 Å². The molecule has 2 rings (SSSR count). The van der Waals surface area contributed by atoms with E-state index in [2.05, 4.69) is 12.2 Å². The number of hydrogen-bond donors (Lipinski definition) is 2. The average molecular weight is 297 g/mol. The molecule has 1 aliphatic rings. The summed E-state index contributed by atoms with van der Waals surface area (Å²) in [6, 6.07) is 7.12. The summed E-state index contributed by atoms with van der Waals surface area (Å²) in [5, 5.41) is 13.0. The normalized spacial score (nSPS) is 18.6. The minimum atomic E-state index is -0.181. The quantitative estimate of drug-likeness (QED) is 0.721. The molecule has 20 heavy (non-hydrogen) atoms. The molecule has 1 atom stereocenters. The standard InChI is InChI=1S/C16H24FNOS/c1-13(18-11-16(12-19)8-2-9-16)7-10-20-15-5-3-14(17)4-6-15/h3-6,13,18-19H,2,7-12H2,1H3/t13-/m1/s1. The van der Waals surface area contributed by atoms with E-state index in [1.165, 1.54) is 18.6 Å². The fraction of sp³-hybridized carbons (Fsp3) is 0.625. The van der Waals surface area contributed by atoms with Crippen molar-refractivity contribution in [2.45, 2.75) is 43.5 Å². The van der Waals surface area contributed by atoms with E-state index in [1.807, 2.05) is 12.1 Å². The first-order valence-electron chi connectivity index (χ1n) is 7.36. The van der Waals surface area contributed by atoms with Crippen LogP contribution in [-0.2, 0) is 0 Å². The SMILES string of the molecule is C[C@H](CCSc1ccc(F)cc1)NCC1(CO)CCC1. The molecule has 0 aliphatic heterocycles. The molecule has 1 aliphatic carbocycles. The molecule has 1 aromatic carbocycles. The molecule has 0 bridgehead atoms. The maximum Gasteiger partial charge on any atom is 0.123 e. The molecule has 2 N–H and O–H groups in total. The molecule has 0 amide bonds. The van der Waals surface area contributed by atoms with Gasteiger partial charge in [-0.05, 0) is 56.2 Å². The van der Waals surface area contributed by atoms with Gasteiger partial charge in [-0.25, -0.2) is 4.39 Å². The van der Waals surface area contributed by atoms with Crippen LogP contribution in [0.4, 0.5) is 4.39 Å². The van der Waals surface area contributed by atoms with Crippen LogP contribution in [0.5, 0.6) is 0 Å². The second kappa shape index (κ2) is 7.43. The molecular formula is C16H24FNOS. The van der Waals surface area contributed by atoms with Crippen molar-refractivity contribution in [2.24, 2.45) is 5.41 Å². The van der Waals surface area contributed by atoms with Gasteiger partial charge >= 0.3 is 0 Å².